The van der Waals surface area contributed by atoms with E-state index in [0.717, 1.165) is 17.7 Å². The van der Waals surface area contributed by atoms with Crippen LogP contribution in [0, 0.1) is 11.7 Å². The van der Waals surface area contributed by atoms with Gasteiger partial charge in [-0.25, -0.2) is 4.39 Å². The first-order valence-electron chi connectivity index (χ1n) is 5.66. The summed E-state index contributed by atoms with van der Waals surface area (Å²) in [6.07, 6.45) is 1.31. The molecule has 2 rings (SSSR count). The second-order valence-electron chi connectivity index (χ2n) is 4.67. The summed E-state index contributed by atoms with van der Waals surface area (Å²) in [4.78, 5) is 13.7. The summed E-state index contributed by atoms with van der Waals surface area (Å²) in [6.45, 7) is 4.74. The Balaban J connectivity index is 2.20. The highest BCUT2D eigenvalue weighted by Gasteiger charge is 2.24. The number of amides is 1. The van der Waals surface area contributed by atoms with Gasteiger partial charge in [0.1, 0.15) is 5.82 Å². The molecule has 0 radical (unpaired) electrons. The molecule has 0 saturated heterocycles. The number of rotatable bonds is 2. The Morgan fingerprint density at radius 3 is 2.94 bits per heavy atom. The minimum absolute atomic E-state index is 0.139. The monoisotopic (exact) mass is 221 g/mol. The molecule has 3 heteroatoms. The molecule has 0 bridgehead atoms. The summed E-state index contributed by atoms with van der Waals surface area (Å²) in [5.74, 6) is 0.272. The zero-order valence-corrected chi connectivity index (χ0v) is 9.66. The molecule has 1 heterocycles. The number of hydrogen-bond acceptors (Lipinski definition) is 1. The van der Waals surface area contributed by atoms with E-state index in [0.29, 0.717) is 18.9 Å². The van der Waals surface area contributed by atoms with Gasteiger partial charge in [0, 0.05) is 18.7 Å². The van der Waals surface area contributed by atoms with E-state index in [9.17, 15) is 9.18 Å². The van der Waals surface area contributed by atoms with Crippen LogP contribution in [0.15, 0.2) is 18.2 Å². The van der Waals surface area contributed by atoms with Crippen LogP contribution in [0.1, 0.15) is 25.8 Å². The molecule has 0 aromatic heterocycles. The molecule has 0 unspecified atom stereocenters. The fourth-order valence-electron chi connectivity index (χ4n) is 2.09. The lowest BCUT2D eigenvalue weighted by Gasteiger charge is -2.18. The van der Waals surface area contributed by atoms with Gasteiger partial charge in [-0.15, -0.1) is 0 Å². The van der Waals surface area contributed by atoms with Crippen molar-refractivity contribution < 1.29 is 9.18 Å². The van der Waals surface area contributed by atoms with Crippen molar-refractivity contribution in [3.05, 3.63) is 29.6 Å². The van der Waals surface area contributed by atoms with Crippen LogP contribution in [0.5, 0.6) is 0 Å². The van der Waals surface area contributed by atoms with E-state index in [1.165, 1.54) is 12.1 Å². The zero-order valence-electron chi connectivity index (χ0n) is 9.66. The Bertz CT molecular complexity index is 414. The second-order valence-corrected chi connectivity index (χ2v) is 4.67. The van der Waals surface area contributed by atoms with E-state index in [2.05, 4.69) is 0 Å². The van der Waals surface area contributed by atoms with Crippen molar-refractivity contribution >= 4 is 11.6 Å². The van der Waals surface area contributed by atoms with Gasteiger partial charge in [-0.2, -0.15) is 0 Å². The first kappa shape index (κ1) is 11.1. The quantitative estimate of drug-likeness (QED) is 0.752. The van der Waals surface area contributed by atoms with E-state index in [1.807, 2.05) is 13.8 Å². The molecular formula is C13H16FNO. The number of anilines is 1. The summed E-state index contributed by atoms with van der Waals surface area (Å²) >= 11 is 0. The Labute approximate surface area is 95.1 Å². The standard InChI is InChI=1S/C13H16FNO/c1-9(2)7-13(16)15-6-5-10-8-11(14)3-4-12(10)15/h3-4,8-9H,5-7H2,1-2H3. The van der Waals surface area contributed by atoms with Gasteiger partial charge in [0.05, 0.1) is 0 Å². The summed E-state index contributed by atoms with van der Waals surface area (Å²) in [5.41, 5.74) is 1.82. The number of nitrogens with zero attached hydrogens (tertiary/aromatic N) is 1. The average molecular weight is 221 g/mol. The number of carbonyl (C=O) groups is 1. The van der Waals surface area contributed by atoms with Crippen LogP contribution in [0.25, 0.3) is 0 Å². The Kier molecular flexibility index (Phi) is 2.95. The van der Waals surface area contributed by atoms with Crippen LogP contribution in [0.3, 0.4) is 0 Å². The molecule has 0 atom stereocenters. The van der Waals surface area contributed by atoms with E-state index in [1.54, 1.807) is 11.0 Å². The Hall–Kier alpha value is -1.38. The minimum atomic E-state index is -0.225. The lowest BCUT2D eigenvalue weighted by molar-refractivity contribution is -0.119. The average Bonchev–Trinajstić information content (AvgIpc) is 2.59. The predicted octanol–water partition coefficient (Wildman–Crippen LogP) is 2.76. The summed E-state index contributed by atoms with van der Waals surface area (Å²) in [5, 5.41) is 0. The molecule has 0 N–H and O–H groups in total. The van der Waals surface area contributed by atoms with Gasteiger partial charge in [-0.1, -0.05) is 13.8 Å². The molecule has 1 aromatic rings. The number of benzene rings is 1. The normalized spacial score (nSPS) is 14.4. The van der Waals surface area contributed by atoms with Gasteiger partial charge in [-0.05, 0) is 36.1 Å². The van der Waals surface area contributed by atoms with Crippen molar-refractivity contribution in [1.29, 1.82) is 0 Å². The maximum absolute atomic E-state index is 13.0. The number of halogens is 1. The topological polar surface area (TPSA) is 20.3 Å². The molecular weight excluding hydrogens is 205 g/mol. The van der Waals surface area contributed by atoms with Crippen LogP contribution >= 0.6 is 0 Å². The van der Waals surface area contributed by atoms with Gasteiger partial charge in [0.15, 0.2) is 0 Å². The highest BCUT2D eigenvalue weighted by molar-refractivity contribution is 5.95. The third kappa shape index (κ3) is 2.08. The third-order valence-corrected chi connectivity index (χ3v) is 2.82. The highest BCUT2D eigenvalue weighted by Crippen LogP contribution is 2.29. The highest BCUT2D eigenvalue weighted by atomic mass is 19.1. The molecule has 86 valence electrons. The summed E-state index contributed by atoms with van der Waals surface area (Å²) < 4.78 is 13.0. The van der Waals surface area contributed by atoms with Crippen LogP contribution in [0.4, 0.5) is 10.1 Å². The molecule has 0 saturated carbocycles. The minimum Gasteiger partial charge on any atom is -0.312 e. The van der Waals surface area contributed by atoms with E-state index in [-0.39, 0.29) is 11.7 Å². The van der Waals surface area contributed by atoms with Crippen LogP contribution in [0.2, 0.25) is 0 Å². The fourth-order valence-corrected chi connectivity index (χ4v) is 2.09. The molecule has 16 heavy (non-hydrogen) atoms. The predicted molar refractivity (Wildman–Crippen MR) is 61.9 cm³/mol. The fraction of sp³-hybridized carbons (Fsp3) is 0.462. The lowest BCUT2D eigenvalue weighted by Crippen LogP contribution is -2.29. The molecule has 0 aliphatic carbocycles. The van der Waals surface area contributed by atoms with Gasteiger partial charge in [-0.3, -0.25) is 4.79 Å². The van der Waals surface area contributed by atoms with Crippen LogP contribution in [-0.2, 0) is 11.2 Å². The number of fused-ring (bicyclic) bond motifs is 1. The molecule has 0 spiro atoms. The van der Waals surface area contributed by atoms with Crippen molar-refractivity contribution in [2.75, 3.05) is 11.4 Å². The molecule has 1 aliphatic rings. The van der Waals surface area contributed by atoms with E-state index in [4.69, 9.17) is 0 Å². The first-order chi connectivity index (χ1) is 7.58. The van der Waals surface area contributed by atoms with Crippen LogP contribution < -0.4 is 4.90 Å². The largest absolute Gasteiger partial charge is 0.312 e. The Morgan fingerprint density at radius 1 is 1.50 bits per heavy atom. The van der Waals surface area contributed by atoms with Crippen molar-refractivity contribution in [3.8, 4) is 0 Å². The van der Waals surface area contributed by atoms with Crippen LogP contribution in [-0.4, -0.2) is 12.5 Å². The third-order valence-electron chi connectivity index (χ3n) is 2.82. The maximum atomic E-state index is 13.0. The van der Waals surface area contributed by atoms with Gasteiger partial charge in [0.25, 0.3) is 0 Å². The van der Waals surface area contributed by atoms with Crippen molar-refractivity contribution in [2.45, 2.75) is 26.7 Å². The van der Waals surface area contributed by atoms with E-state index >= 15 is 0 Å². The van der Waals surface area contributed by atoms with Gasteiger partial charge in [0.2, 0.25) is 5.91 Å². The zero-order chi connectivity index (χ0) is 11.7. The van der Waals surface area contributed by atoms with Crippen molar-refractivity contribution in [3.63, 3.8) is 0 Å². The lowest BCUT2D eigenvalue weighted by atomic mass is 10.1. The van der Waals surface area contributed by atoms with Gasteiger partial charge < -0.3 is 4.90 Å². The second kappa shape index (κ2) is 4.24. The summed E-state index contributed by atoms with van der Waals surface area (Å²) in [6, 6.07) is 4.65. The van der Waals surface area contributed by atoms with Crippen molar-refractivity contribution in [2.24, 2.45) is 5.92 Å². The SMILES string of the molecule is CC(C)CC(=O)N1CCc2cc(F)ccc21. The molecule has 1 aliphatic heterocycles. The number of carbonyl (C=O) groups excluding carboxylic acids is 1. The van der Waals surface area contributed by atoms with Gasteiger partial charge >= 0.3 is 0 Å². The number of hydrogen-bond donors (Lipinski definition) is 0. The summed E-state index contributed by atoms with van der Waals surface area (Å²) in [7, 11) is 0. The van der Waals surface area contributed by atoms with E-state index < -0.39 is 0 Å². The molecule has 1 amide bonds. The molecule has 2 nitrogen and oxygen atoms in total. The van der Waals surface area contributed by atoms with Crippen molar-refractivity contribution in [1.82, 2.24) is 0 Å². The maximum Gasteiger partial charge on any atom is 0.227 e. The smallest absolute Gasteiger partial charge is 0.227 e. The molecule has 1 aromatic carbocycles. The first-order valence-corrected chi connectivity index (χ1v) is 5.66. The Morgan fingerprint density at radius 2 is 2.25 bits per heavy atom. The molecule has 0 fully saturated rings.